The molecule has 2 rings (SSSR count). The molecule has 0 radical (unpaired) electrons. The Morgan fingerprint density at radius 1 is 1.31 bits per heavy atom. The number of hydrogen-bond acceptors (Lipinski definition) is 2. The van der Waals surface area contributed by atoms with E-state index in [-0.39, 0.29) is 12.1 Å². The van der Waals surface area contributed by atoms with Crippen LogP contribution in [0.3, 0.4) is 0 Å². The first-order valence-corrected chi connectivity index (χ1v) is 5.01. The van der Waals surface area contributed by atoms with Crippen molar-refractivity contribution in [2.24, 2.45) is 0 Å². The summed E-state index contributed by atoms with van der Waals surface area (Å²) in [6, 6.07) is 7.19. The molecule has 0 aromatic heterocycles. The van der Waals surface area contributed by atoms with Gasteiger partial charge in [-0.1, -0.05) is 15.9 Å². The fraction of sp³-hybridized carbons (Fsp3) is 0.300. The molecule has 1 fully saturated rings. The number of benzene rings is 1. The van der Waals surface area contributed by atoms with Crippen LogP contribution in [-0.4, -0.2) is 12.1 Å². The Labute approximate surface area is 85.0 Å². The lowest BCUT2D eigenvalue weighted by molar-refractivity contribution is 0.0472. The number of halogens is 1. The third-order valence-corrected chi connectivity index (χ3v) is 2.41. The second-order valence-electron chi connectivity index (χ2n) is 3.11. The van der Waals surface area contributed by atoms with Crippen LogP contribution in [0.5, 0.6) is 0 Å². The summed E-state index contributed by atoms with van der Waals surface area (Å²) in [6.45, 7) is 0. The first kappa shape index (κ1) is 8.75. The van der Waals surface area contributed by atoms with Crippen molar-refractivity contribution >= 4 is 21.9 Å². The number of ether oxygens (including phenoxy) is 1. The van der Waals surface area contributed by atoms with Crippen LogP contribution in [0.4, 0.5) is 0 Å². The predicted molar refractivity (Wildman–Crippen MR) is 52.6 cm³/mol. The van der Waals surface area contributed by atoms with E-state index in [1.807, 2.05) is 12.1 Å². The van der Waals surface area contributed by atoms with Gasteiger partial charge >= 0.3 is 5.97 Å². The molecule has 2 nitrogen and oxygen atoms in total. The SMILES string of the molecule is O=C(OC1CC1)c1ccc(Br)cc1. The number of rotatable bonds is 2. The van der Waals surface area contributed by atoms with E-state index in [4.69, 9.17) is 4.74 Å². The molecule has 1 saturated carbocycles. The van der Waals surface area contributed by atoms with Crippen LogP contribution in [0.1, 0.15) is 23.2 Å². The lowest BCUT2D eigenvalue weighted by Crippen LogP contribution is -2.05. The highest BCUT2D eigenvalue weighted by atomic mass is 79.9. The molecule has 1 aromatic rings. The zero-order chi connectivity index (χ0) is 9.26. The zero-order valence-electron chi connectivity index (χ0n) is 7.00. The van der Waals surface area contributed by atoms with E-state index < -0.39 is 0 Å². The molecule has 3 heteroatoms. The summed E-state index contributed by atoms with van der Waals surface area (Å²) in [4.78, 5) is 11.4. The van der Waals surface area contributed by atoms with Crippen LogP contribution in [0.2, 0.25) is 0 Å². The van der Waals surface area contributed by atoms with Crippen molar-refractivity contribution in [1.82, 2.24) is 0 Å². The van der Waals surface area contributed by atoms with Gasteiger partial charge in [-0.3, -0.25) is 0 Å². The van der Waals surface area contributed by atoms with E-state index in [0.29, 0.717) is 5.56 Å². The van der Waals surface area contributed by atoms with E-state index >= 15 is 0 Å². The van der Waals surface area contributed by atoms with Crippen molar-refractivity contribution in [3.8, 4) is 0 Å². The summed E-state index contributed by atoms with van der Waals surface area (Å²) >= 11 is 3.31. The second kappa shape index (κ2) is 3.50. The minimum atomic E-state index is -0.213. The van der Waals surface area contributed by atoms with Crippen LogP contribution < -0.4 is 0 Å². The maximum atomic E-state index is 11.4. The Balaban J connectivity index is 2.05. The van der Waals surface area contributed by atoms with Crippen LogP contribution in [-0.2, 0) is 4.74 Å². The van der Waals surface area contributed by atoms with E-state index in [1.54, 1.807) is 12.1 Å². The average molecular weight is 241 g/mol. The summed E-state index contributed by atoms with van der Waals surface area (Å²) in [5, 5.41) is 0. The molecule has 1 aliphatic rings. The van der Waals surface area contributed by atoms with Gasteiger partial charge in [-0.2, -0.15) is 0 Å². The molecule has 68 valence electrons. The number of hydrogen-bond donors (Lipinski definition) is 0. The van der Waals surface area contributed by atoms with E-state index in [0.717, 1.165) is 17.3 Å². The summed E-state index contributed by atoms with van der Waals surface area (Å²) in [6.07, 6.45) is 2.21. The van der Waals surface area contributed by atoms with Crippen molar-refractivity contribution in [1.29, 1.82) is 0 Å². The first-order chi connectivity index (χ1) is 6.25. The average Bonchev–Trinajstić information content (AvgIpc) is 2.89. The molecular formula is C10H9BrO2. The Hall–Kier alpha value is -0.830. The monoisotopic (exact) mass is 240 g/mol. The molecule has 0 heterocycles. The maximum absolute atomic E-state index is 11.4. The Bertz CT molecular complexity index is 314. The molecule has 13 heavy (non-hydrogen) atoms. The smallest absolute Gasteiger partial charge is 0.338 e. The molecule has 0 amide bonds. The summed E-state index contributed by atoms with van der Waals surface area (Å²) in [5.74, 6) is -0.213. The number of carbonyl (C=O) groups excluding carboxylic acids is 1. The Morgan fingerprint density at radius 3 is 2.46 bits per heavy atom. The lowest BCUT2D eigenvalue weighted by Gasteiger charge is -2.01. The minimum Gasteiger partial charge on any atom is -0.459 e. The lowest BCUT2D eigenvalue weighted by atomic mass is 10.2. The molecule has 0 spiro atoms. The van der Waals surface area contributed by atoms with Crippen molar-refractivity contribution in [2.75, 3.05) is 0 Å². The minimum absolute atomic E-state index is 0.177. The van der Waals surface area contributed by atoms with Crippen molar-refractivity contribution in [2.45, 2.75) is 18.9 Å². The first-order valence-electron chi connectivity index (χ1n) is 4.22. The fourth-order valence-corrected chi connectivity index (χ4v) is 1.26. The summed E-state index contributed by atoms with van der Waals surface area (Å²) < 4.78 is 6.10. The normalized spacial score (nSPS) is 15.5. The van der Waals surface area contributed by atoms with Gasteiger partial charge in [0.25, 0.3) is 0 Å². The van der Waals surface area contributed by atoms with Crippen molar-refractivity contribution < 1.29 is 9.53 Å². The molecule has 0 saturated heterocycles. The van der Waals surface area contributed by atoms with Crippen molar-refractivity contribution in [3.05, 3.63) is 34.3 Å². The van der Waals surface area contributed by atoms with Gasteiger partial charge in [-0.25, -0.2) is 4.79 Å². The molecule has 0 atom stereocenters. The molecule has 0 unspecified atom stereocenters. The number of carbonyl (C=O) groups is 1. The fourth-order valence-electron chi connectivity index (χ4n) is 0.991. The van der Waals surface area contributed by atoms with E-state index in [2.05, 4.69) is 15.9 Å². The third-order valence-electron chi connectivity index (χ3n) is 1.88. The summed E-state index contributed by atoms with van der Waals surface area (Å²) in [7, 11) is 0. The molecule has 1 aliphatic carbocycles. The van der Waals surface area contributed by atoms with Gasteiger partial charge < -0.3 is 4.74 Å². The molecular weight excluding hydrogens is 232 g/mol. The van der Waals surface area contributed by atoms with Crippen molar-refractivity contribution in [3.63, 3.8) is 0 Å². The highest BCUT2D eigenvalue weighted by Gasteiger charge is 2.26. The van der Waals surface area contributed by atoms with E-state index in [9.17, 15) is 4.79 Å². The maximum Gasteiger partial charge on any atom is 0.338 e. The standard InChI is InChI=1S/C10H9BrO2/c11-8-3-1-7(2-4-8)10(12)13-9-5-6-9/h1-4,9H,5-6H2. The van der Waals surface area contributed by atoms with Gasteiger partial charge in [0, 0.05) is 4.47 Å². The van der Waals surface area contributed by atoms with Gasteiger partial charge in [-0.05, 0) is 37.1 Å². The predicted octanol–water partition coefficient (Wildman–Crippen LogP) is 2.77. The van der Waals surface area contributed by atoms with E-state index in [1.165, 1.54) is 0 Å². The highest BCUT2D eigenvalue weighted by molar-refractivity contribution is 9.10. The van der Waals surface area contributed by atoms with Gasteiger partial charge in [-0.15, -0.1) is 0 Å². The van der Waals surface area contributed by atoms with Gasteiger partial charge in [0.05, 0.1) is 5.56 Å². The van der Waals surface area contributed by atoms with Gasteiger partial charge in [0.15, 0.2) is 0 Å². The van der Waals surface area contributed by atoms with Crippen LogP contribution >= 0.6 is 15.9 Å². The highest BCUT2D eigenvalue weighted by Crippen LogP contribution is 2.24. The number of esters is 1. The quantitative estimate of drug-likeness (QED) is 0.744. The zero-order valence-corrected chi connectivity index (χ0v) is 8.58. The largest absolute Gasteiger partial charge is 0.459 e. The molecule has 0 bridgehead atoms. The van der Waals surface area contributed by atoms with Gasteiger partial charge in [0.2, 0.25) is 0 Å². The van der Waals surface area contributed by atoms with Gasteiger partial charge in [0.1, 0.15) is 6.10 Å². The molecule has 1 aromatic carbocycles. The second-order valence-corrected chi connectivity index (χ2v) is 4.03. The summed E-state index contributed by atoms with van der Waals surface area (Å²) in [5.41, 5.74) is 0.620. The Kier molecular flexibility index (Phi) is 2.36. The molecule has 0 aliphatic heterocycles. The van der Waals surface area contributed by atoms with Crippen LogP contribution in [0.15, 0.2) is 28.7 Å². The van der Waals surface area contributed by atoms with Crippen LogP contribution in [0, 0.1) is 0 Å². The van der Waals surface area contributed by atoms with Crippen LogP contribution in [0.25, 0.3) is 0 Å². The molecule has 0 N–H and O–H groups in total. The Morgan fingerprint density at radius 2 is 1.92 bits per heavy atom. The third kappa shape index (κ3) is 2.31. The topological polar surface area (TPSA) is 26.3 Å².